The lowest BCUT2D eigenvalue weighted by Crippen LogP contribution is -2.42. The largest absolute Gasteiger partial charge is 0.374 e. The molecule has 8 heteroatoms. The van der Waals surface area contributed by atoms with Gasteiger partial charge in [-0.2, -0.15) is 0 Å². The molecular formula is C22H30N6O2. The number of para-hydroxylation sites is 1. The predicted octanol–water partition coefficient (Wildman–Crippen LogP) is 2.02. The third kappa shape index (κ3) is 4.24. The normalized spacial score (nSPS) is 20.2. The van der Waals surface area contributed by atoms with Gasteiger partial charge in [-0.05, 0) is 43.9 Å². The number of anilines is 2. The molecule has 1 aromatic carbocycles. The molecule has 160 valence electrons. The number of fused-ring (bicyclic) bond motifs is 1. The fourth-order valence-corrected chi connectivity index (χ4v) is 4.57. The van der Waals surface area contributed by atoms with Crippen LogP contribution in [0.5, 0.6) is 0 Å². The first-order valence-corrected chi connectivity index (χ1v) is 10.6. The number of carbonyl (C=O) groups is 1. The highest BCUT2D eigenvalue weighted by Crippen LogP contribution is 2.36. The number of amides is 1. The SMILES string of the molecule is CC(NCC1CCN(c2ncc(C(=O)NO)cn2)CC1)C1CN(C)c2ccccc21. The van der Waals surface area contributed by atoms with E-state index in [0.717, 1.165) is 39.0 Å². The Kier molecular flexibility index (Phi) is 6.15. The maximum Gasteiger partial charge on any atom is 0.277 e. The smallest absolute Gasteiger partial charge is 0.277 e. The van der Waals surface area contributed by atoms with Gasteiger partial charge < -0.3 is 15.1 Å². The highest BCUT2D eigenvalue weighted by Gasteiger charge is 2.30. The van der Waals surface area contributed by atoms with Gasteiger partial charge >= 0.3 is 0 Å². The fraction of sp³-hybridized carbons (Fsp3) is 0.500. The van der Waals surface area contributed by atoms with E-state index in [1.54, 1.807) is 5.48 Å². The van der Waals surface area contributed by atoms with Gasteiger partial charge in [0.15, 0.2) is 0 Å². The first-order chi connectivity index (χ1) is 14.6. The minimum atomic E-state index is -0.600. The Morgan fingerprint density at radius 2 is 1.93 bits per heavy atom. The fourth-order valence-electron chi connectivity index (χ4n) is 4.57. The summed E-state index contributed by atoms with van der Waals surface area (Å²) in [7, 11) is 2.17. The van der Waals surface area contributed by atoms with Crippen LogP contribution < -0.4 is 20.6 Å². The van der Waals surface area contributed by atoms with Crippen molar-refractivity contribution in [2.45, 2.75) is 31.7 Å². The van der Waals surface area contributed by atoms with Crippen molar-refractivity contribution < 1.29 is 10.0 Å². The van der Waals surface area contributed by atoms with Gasteiger partial charge in [0, 0.05) is 56.7 Å². The van der Waals surface area contributed by atoms with Gasteiger partial charge in [-0.15, -0.1) is 0 Å². The number of nitrogens with one attached hydrogen (secondary N) is 2. The van der Waals surface area contributed by atoms with E-state index in [-0.39, 0.29) is 5.56 Å². The quantitative estimate of drug-likeness (QED) is 0.495. The van der Waals surface area contributed by atoms with E-state index in [1.165, 1.54) is 23.6 Å². The average molecular weight is 411 g/mol. The summed E-state index contributed by atoms with van der Waals surface area (Å²) in [5.74, 6) is 1.19. The Labute approximate surface area is 177 Å². The average Bonchev–Trinajstić information content (AvgIpc) is 3.14. The van der Waals surface area contributed by atoms with Gasteiger partial charge in [-0.25, -0.2) is 15.4 Å². The summed E-state index contributed by atoms with van der Waals surface area (Å²) in [5.41, 5.74) is 4.64. The third-order valence-corrected chi connectivity index (χ3v) is 6.45. The molecule has 0 spiro atoms. The summed E-state index contributed by atoms with van der Waals surface area (Å²) in [5, 5.41) is 12.5. The summed E-state index contributed by atoms with van der Waals surface area (Å²) in [6.45, 7) is 6.19. The number of likely N-dealkylation sites (N-methyl/N-ethyl adjacent to an activating group) is 1. The summed E-state index contributed by atoms with van der Waals surface area (Å²) in [6, 6.07) is 9.15. The van der Waals surface area contributed by atoms with Crippen LogP contribution in [0, 0.1) is 5.92 Å². The van der Waals surface area contributed by atoms with Gasteiger partial charge in [-0.3, -0.25) is 10.0 Å². The van der Waals surface area contributed by atoms with Crippen LogP contribution in [0.2, 0.25) is 0 Å². The molecule has 0 aliphatic carbocycles. The van der Waals surface area contributed by atoms with Crippen LogP contribution in [0.1, 0.15) is 41.6 Å². The van der Waals surface area contributed by atoms with Crippen LogP contribution in [0.3, 0.4) is 0 Å². The maximum absolute atomic E-state index is 11.4. The van der Waals surface area contributed by atoms with E-state index in [0.29, 0.717) is 23.8 Å². The maximum atomic E-state index is 11.4. The number of hydrogen-bond acceptors (Lipinski definition) is 7. The van der Waals surface area contributed by atoms with Crippen LogP contribution in [-0.4, -0.2) is 60.4 Å². The molecule has 0 radical (unpaired) electrons. The molecule has 1 aromatic heterocycles. The number of piperidine rings is 1. The molecule has 2 atom stereocenters. The highest BCUT2D eigenvalue weighted by atomic mass is 16.5. The number of hydroxylamine groups is 1. The molecule has 3 N–H and O–H groups in total. The second kappa shape index (κ2) is 8.97. The van der Waals surface area contributed by atoms with Crippen LogP contribution >= 0.6 is 0 Å². The molecule has 1 amide bonds. The van der Waals surface area contributed by atoms with Gasteiger partial charge in [0.1, 0.15) is 0 Å². The van der Waals surface area contributed by atoms with Crippen molar-refractivity contribution in [3.8, 4) is 0 Å². The monoisotopic (exact) mass is 410 g/mol. The topological polar surface area (TPSA) is 93.6 Å². The Balaban J connectivity index is 1.26. The molecule has 1 fully saturated rings. The highest BCUT2D eigenvalue weighted by molar-refractivity contribution is 5.92. The Bertz CT molecular complexity index is 866. The van der Waals surface area contributed by atoms with Crippen molar-refractivity contribution in [2.24, 2.45) is 5.92 Å². The molecule has 3 heterocycles. The van der Waals surface area contributed by atoms with E-state index in [9.17, 15) is 4.79 Å². The number of hydrogen-bond donors (Lipinski definition) is 3. The summed E-state index contributed by atoms with van der Waals surface area (Å²) >= 11 is 0. The molecule has 4 rings (SSSR count). The second-order valence-electron chi connectivity index (χ2n) is 8.39. The van der Waals surface area contributed by atoms with Crippen LogP contribution in [-0.2, 0) is 0 Å². The van der Waals surface area contributed by atoms with E-state index in [4.69, 9.17) is 5.21 Å². The lowest BCUT2D eigenvalue weighted by molar-refractivity contribution is 0.0705. The van der Waals surface area contributed by atoms with Crippen LogP contribution in [0.25, 0.3) is 0 Å². The predicted molar refractivity (Wildman–Crippen MR) is 116 cm³/mol. The zero-order valence-electron chi connectivity index (χ0n) is 17.6. The Morgan fingerprint density at radius 1 is 1.23 bits per heavy atom. The van der Waals surface area contributed by atoms with Gasteiger partial charge in [-0.1, -0.05) is 18.2 Å². The number of carbonyl (C=O) groups excluding carboxylic acids is 1. The first kappa shape index (κ1) is 20.6. The molecular weight excluding hydrogens is 380 g/mol. The molecule has 2 aromatic rings. The Morgan fingerprint density at radius 3 is 2.63 bits per heavy atom. The minimum Gasteiger partial charge on any atom is -0.374 e. The van der Waals surface area contributed by atoms with Crippen LogP contribution in [0.4, 0.5) is 11.6 Å². The van der Waals surface area contributed by atoms with E-state index in [1.807, 2.05) is 0 Å². The minimum absolute atomic E-state index is 0.244. The first-order valence-electron chi connectivity index (χ1n) is 10.6. The number of benzene rings is 1. The molecule has 0 saturated carbocycles. The van der Waals surface area contributed by atoms with Crippen molar-refractivity contribution in [2.75, 3.05) is 43.0 Å². The molecule has 8 nitrogen and oxygen atoms in total. The van der Waals surface area contributed by atoms with E-state index < -0.39 is 5.91 Å². The van der Waals surface area contributed by atoms with E-state index >= 15 is 0 Å². The number of aromatic nitrogens is 2. The number of nitrogens with zero attached hydrogens (tertiary/aromatic N) is 4. The summed E-state index contributed by atoms with van der Waals surface area (Å²) in [4.78, 5) is 24.4. The molecule has 0 bridgehead atoms. The van der Waals surface area contributed by atoms with Crippen molar-refractivity contribution >= 4 is 17.5 Å². The zero-order chi connectivity index (χ0) is 21.1. The van der Waals surface area contributed by atoms with E-state index in [2.05, 4.69) is 63.3 Å². The molecule has 2 unspecified atom stereocenters. The molecule has 2 aliphatic heterocycles. The van der Waals surface area contributed by atoms with Gasteiger partial charge in [0.2, 0.25) is 5.95 Å². The van der Waals surface area contributed by atoms with Gasteiger partial charge in [0.05, 0.1) is 5.56 Å². The summed E-state index contributed by atoms with van der Waals surface area (Å²) < 4.78 is 0. The third-order valence-electron chi connectivity index (χ3n) is 6.45. The lowest BCUT2D eigenvalue weighted by Gasteiger charge is -2.33. The van der Waals surface area contributed by atoms with Gasteiger partial charge in [0.25, 0.3) is 5.91 Å². The molecule has 1 saturated heterocycles. The van der Waals surface area contributed by atoms with Crippen LogP contribution in [0.15, 0.2) is 36.7 Å². The van der Waals surface area contributed by atoms with Crippen molar-refractivity contribution in [3.05, 3.63) is 47.8 Å². The lowest BCUT2D eigenvalue weighted by atomic mass is 9.92. The second-order valence-corrected chi connectivity index (χ2v) is 8.39. The van der Waals surface area contributed by atoms with Crippen molar-refractivity contribution in [1.82, 2.24) is 20.8 Å². The summed E-state index contributed by atoms with van der Waals surface area (Å²) in [6.07, 6.45) is 5.06. The van der Waals surface area contributed by atoms with Crippen molar-refractivity contribution in [3.63, 3.8) is 0 Å². The standard InChI is InChI=1S/C22H30N6O2/c1-15(19-14-27(2)20-6-4-3-5-18(19)20)23-11-16-7-9-28(10-8-16)22-24-12-17(13-25-22)21(29)26-30/h3-6,12-13,15-16,19,23,30H,7-11,14H2,1-2H3,(H,26,29). The number of rotatable bonds is 6. The molecule has 30 heavy (non-hydrogen) atoms. The van der Waals surface area contributed by atoms with Crippen molar-refractivity contribution in [1.29, 1.82) is 0 Å². The zero-order valence-corrected chi connectivity index (χ0v) is 17.6. The Hall–Kier alpha value is -2.71. The molecule has 2 aliphatic rings.